The molecule has 0 unspecified atom stereocenters. The molecular formula is C18H21N3O4. The quantitative estimate of drug-likeness (QED) is 0.592. The number of rotatable bonds is 6. The summed E-state index contributed by atoms with van der Waals surface area (Å²) >= 11 is 0. The van der Waals surface area contributed by atoms with Crippen molar-refractivity contribution in [1.29, 1.82) is 0 Å². The van der Waals surface area contributed by atoms with Gasteiger partial charge in [-0.3, -0.25) is 20.0 Å². The Labute approximate surface area is 146 Å². The van der Waals surface area contributed by atoms with Crippen molar-refractivity contribution >= 4 is 5.69 Å². The minimum atomic E-state index is -0.408. The monoisotopic (exact) mass is 343 g/mol. The Balaban J connectivity index is 1.49. The van der Waals surface area contributed by atoms with Crippen LogP contribution in [0.3, 0.4) is 0 Å². The average Bonchev–Trinajstić information content (AvgIpc) is 2.64. The van der Waals surface area contributed by atoms with E-state index in [1.165, 1.54) is 12.1 Å². The molecule has 3 rings (SSSR count). The molecule has 1 aromatic heterocycles. The standard InChI is InChI=1S/C18H21N3O4/c1-24-18-6-9-19-14(12-18)13-20-10-7-17(8-11-20)25-16-4-2-15(3-5-16)21(22)23/h2-6,9,12,17H,7-8,10-11,13H2,1H3. The maximum absolute atomic E-state index is 10.7. The van der Waals surface area contributed by atoms with Crippen molar-refractivity contribution in [2.45, 2.75) is 25.5 Å². The molecule has 0 spiro atoms. The zero-order chi connectivity index (χ0) is 17.6. The highest BCUT2D eigenvalue weighted by Crippen LogP contribution is 2.22. The molecule has 25 heavy (non-hydrogen) atoms. The number of hydrogen-bond acceptors (Lipinski definition) is 6. The summed E-state index contributed by atoms with van der Waals surface area (Å²) in [7, 11) is 1.65. The molecule has 2 heterocycles. The molecule has 7 heteroatoms. The van der Waals surface area contributed by atoms with Gasteiger partial charge in [0.25, 0.3) is 5.69 Å². The lowest BCUT2D eigenvalue weighted by molar-refractivity contribution is -0.384. The predicted octanol–water partition coefficient (Wildman–Crippen LogP) is 3.04. The van der Waals surface area contributed by atoms with Gasteiger partial charge in [0.05, 0.1) is 17.7 Å². The third-order valence-corrected chi connectivity index (χ3v) is 4.29. The summed E-state index contributed by atoms with van der Waals surface area (Å²) < 4.78 is 11.2. The number of non-ortho nitro benzene ring substituents is 1. The van der Waals surface area contributed by atoms with Crippen LogP contribution in [0.1, 0.15) is 18.5 Å². The van der Waals surface area contributed by atoms with Crippen molar-refractivity contribution in [3.63, 3.8) is 0 Å². The van der Waals surface area contributed by atoms with Crippen LogP contribution < -0.4 is 9.47 Å². The lowest BCUT2D eigenvalue weighted by Crippen LogP contribution is -2.37. The second-order valence-electron chi connectivity index (χ2n) is 6.03. The molecule has 1 fully saturated rings. The minimum Gasteiger partial charge on any atom is -0.497 e. The second kappa shape index (κ2) is 7.94. The largest absolute Gasteiger partial charge is 0.497 e. The molecule has 0 saturated carbocycles. The number of benzene rings is 1. The van der Waals surface area contributed by atoms with E-state index in [2.05, 4.69) is 9.88 Å². The van der Waals surface area contributed by atoms with Gasteiger partial charge in [-0.2, -0.15) is 0 Å². The van der Waals surface area contributed by atoms with Gasteiger partial charge in [0.15, 0.2) is 0 Å². The summed E-state index contributed by atoms with van der Waals surface area (Å²) in [5.74, 6) is 1.50. The summed E-state index contributed by atoms with van der Waals surface area (Å²) in [6.07, 6.45) is 3.73. The molecule has 2 aromatic rings. The lowest BCUT2D eigenvalue weighted by atomic mass is 10.1. The first-order chi connectivity index (χ1) is 12.1. The van der Waals surface area contributed by atoms with Crippen LogP contribution in [0.25, 0.3) is 0 Å². The van der Waals surface area contributed by atoms with Crippen molar-refractivity contribution in [2.24, 2.45) is 0 Å². The average molecular weight is 343 g/mol. The number of piperidine rings is 1. The molecule has 1 aromatic carbocycles. The Morgan fingerprint density at radius 2 is 1.92 bits per heavy atom. The van der Waals surface area contributed by atoms with E-state index in [9.17, 15) is 10.1 Å². The first-order valence-electron chi connectivity index (χ1n) is 8.26. The van der Waals surface area contributed by atoms with Gasteiger partial charge in [-0.15, -0.1) is 0 Å². The third-order valence-electron chi connectivity index (χ3n) is 4.29. The number of nitro groups is 1. The Bertz CT molecular complexity index is 713. The molecular weight excluding hydrogens is 322 g/mol. The van der Waals surface area contributed by atoms with Crippen LogP contribution in [0.2, 0.25) is 0 Å². The maximum atomic E-state index is 10.7. The number of aromatic nitrogens is 1. The Hall–Kier alpha value is -2.67. The fourth-order valence-corrected chi connectivity index (χ4v) is 2.92. The molecule has 0 bridgehead atoms. The van der Waals surface area contributed by atoms with Crippen molar-refractivity contribution < 1.29 is 14.4 Å². The number of nitrogens with zero attached hydrogens (tertiary/aromatic N) is 3. The molecule has 0 radical (unpaired) electrons. The van der Waals surface area contributed by atoms with Gasteiger partial charge < -0.3 is 9.47 Å². The normalized spacial score (nSPS) is 15.7. The van der Waals surface area contributed by atoms with Crippen molar-refractivity contribution in [3.8, 4) is 11.5 Å². The Kier molecular flexibility index (Phi) is 5.45. The number of likely N-dealkylation sites (tertiary alicyclic amines) is 1. The smallest absolute Gasteiger partial charge is 0.269 e. The number of nitro benzene ring substituents is 1. The van der Waals surface area contributed by atoms with E-state index < -0.39 is 4.92 Å². The van der Waals surface area contributed by atoms with Gasteiger partial charge in [0, 0.05) is 44.0 Å². The van der Waals surface area contributed by atoms with E-state index in [-0.39, 0.29) is 11.8 Å². The molecule has 0 atom stereocenters. The lowest BCUT2D eigenvalue weighted by Gasteiger charge is -2.31. The summed E-state index contributed by atoms with van der Waals surface area (Å²) in [5, 5.41) is 10.7. The molecule has 0 aliphatic carbocycles. The maximum Gasteiger partial charge on any atom is 0.269 e. The van der Waals surface area contributed by atoms with Gasteiger partial charge in [0.1, 0.15) is 17.6 Å². The van der Waals surface area contributed by atoms with Crippen molar-refractivity contribution in [3.05, 3.63) is 58.4 Å². The zero-order valence-corrected chi connectivity index (χ0v) is 14.1. The molecule has 0 amide bonds. The van der Waals surface area contributed by atoms with Gasteiger partial charge in [-0.1, -0.05) is 0 Å². The van der Waals surface area contributed by atoms with Crippen LogP contribution in [-0.2, 0) is 6.54 Å². The van der Waals surface area contributed by atoms with Crippen molar-refractivity contribution in [1.82, 2.24) is 9.88 Å². The molecule has 1 aliphatic rings. The van der Waals surface area contributed by atoms with Gasteiger partial charge in [0.2, 0.25) is 0 Å². The van der Waals surface area contributed by atoms with E-state index >= 15 is 0 Å². The summed E-state index contributed by atoms with van der Waals surface area (Å²) in [6.45, 7) is 2.65. The molecule has 1 aliphatic heterocycles. The number of ether oxygens (including phenoxy) is 2. The molecule has 0 N–H and O–H groups in total. The first kappa shape index (κ1) is 17.2. The SMILES string of the molecule is COc1ccnc(CN2CCC(Oc3ccc([N+](=O)[O-])cc3)CC2)c1. The summed E-state index contributed by atoms with van der Waals surface area (Å²) in [4.78, 5) is 17.0. The fraction of sp³-hybridized carbons (Fsp3) is 0.389. The van der Waals surface area contributed by atoms with Gasteiger partial charge in [-0.25, -0.2) is 0 Å². The number of methoxy groups -OCH3 is 1. The highest BCUT2D eigenvalue weighted by molar-refractivity contribution is 5.36. The first-order valence-corrected chi connectivity index (χ1v) is 8.26. The zero-order valence-electron chi connectivity index (χ0n) is 14.1. The molecule has 1 saturated heterocycles. The van der Waals surface area contributed by atoms with Crippen LogP contribution in [0, 0.1) is 10.1 Å². The Morgan fingerprint density at radius 3 is 2.56 bits per heavy atom. The topological polar surface area (TPSA) is 77.7 Å². The third kappa shape index (κ3) is 4.67. The van der Waals surface area contributed by atoms with Crippen LogP contribution in [0.5, 0.6) is 11.5 Å². The highest BCUT2D eigenvalue weighted by atomic mass is 16.6. The second-order valence-corrected chi connectivity index (χ2v) is 6.03. The van der Waals surface area contributed by atoms with Crippen LogP contribution >= 0.6 is 0 Å². The summed E-state index contributed by atoms with van der Waals surface area (Å²) in [5.41, 5.74) is 1.07. The van der Waals surface area contributed by atoms with Crippen LogP contribution in [-0.4, -0.2) is 41.1 Å². The van der Waals surface area contributed by atoms with E-state index in [0.717, 1.165) is 43.9 Å². The van der Waals surface area contributed by atoms with Gasteiger partial charge >= 0.3 is 0 Å². The summed E-state index contributed by atoms with van der Waals surface area (Å²) in [6, 6.07) is 10.1. The van der Waals surface area contributed by atoms with E-state index in [1.54, 1.807) is 25.4 Å². The fourth-order valence-electron chi connectivity index (χ4n) is 2.92. The highest BCUT2D eigenvalue weighted by Gasteiger charge is 2.21. The van der Waals surface area contributed by atoms with E-state index in [1.807, 2.05) is 12.1 Å². The number of hydrogen-bond donors (Lipinski definition) is 0. The molecule has 7 nitrogen and oxygen atoms in total. The molecule has 132 valence electrons. The Morgan fingerprint density at radius 1 is 1.20 bits per heavy atom. The van der Waals surface area contributed by atoms with Gasteiger partial charge in [-0.05, 0) is 31.0 Å². The number of pyridine rings is 1. The van der Waals surface area contributed by atoms with Crippen molar-refractivity contribution in [2.75, 3.05) is 20.2 Å². The predicted molar refractivity (Wildman–Crippen MR) is 92.8 cm³/mol. The van der Waals surface area contributed by atoms with E-state index in [4.69, 9.17) is 9.47 Å². The van der Waals surface area contributed by atoms with Crippen LogP contribution in [0.4, 0.5) is 5.69 Å². The van der Waals surface area contributed by atoms with E-state index in [0.29, 0.717) is 5.75 Å². The van der Waals surface area contributed by atoms with Crippen LogP contribution in [0.15, 0.2) is 42.6 Å². The minimum absolute atomic E-state index is 0.0768.